The van der Waals surface area contributed by atoms with E-state index in [0.717, 1.165) is 17.3 Å². The van der Waals surface area contributed by atoms with Crippen LogP contribution < -0.4 is 10.6 Å². The predicted octanol–water partition coefficient (Wildman–Crippen LogP) is 3.36. The summed E-state index contributed by atoms with van der Waals surface area (Å²) in [7, 11) is 0. The Balaban J connectivity index is 1.47. The van der Waals surface area contributed by atoms with Crippen LogP contribution in [-0.4, -0.2) is 32.7 Å². The largest absolute Gasteiger partial charge is 0.325 e. The molecular formula is C18H15N5O4S2. The van der Waals surface area contributed by atoms with Crippen molar-refractivity contribution >= 4 is 51.4 Å². The number of rotatable bonds is 8. The molecule has 0 saturated heterocycles. The molecule has 148 valence electrons. The molecule has 0 aliphatic heterocycles. The van der Waals surface area contributed by atoms with E-state index >= 15 is 0 Å². The van der Waals surface area contributed by atoms with Gasteiger partial charge < -0.3 is 10.6 Å². The van der Waals surface area contributed by atoms with Crippen LogP contribution in [-0.2, 0) is 16.0 Å². The summed E-state index contributed by atoms with van der Waals surface area (Å²) in [5.74, 6) is -0.484. The van der Waals surface area contributed by atoms with Gasteiger partial charge in [-0.15, -0.1) is 10.2 Å². The standard InChI is InChI=1S/C18H15N5O4S2/c24-15(9-12-5-2-1-3-6-12)20-17-21-22-18(29-17)28-11-16(25)19-13-7-4-8-14(10-13)23(26)27/h1-8,10H,9,11H2,(H,19,25)(H,20,21,24). The second-order valence-electron chi connectivity index (χ2n) is 5.73. The zero-order valence-electron chi connectivity index (χ0n) is 14.9. The highest BCUT2D eigenvalue weighted by Gasteiger charge is 2.12. The fourth-order valence-electron chi connectivity index (χ4n) is 2.28. The number of carbonyl (C=O) groups is 2. The van der Waals surface area contributed by atoms with E-state index in [-0.39, 0.29) is 29.7 Å². The molecule has 3 aromatic rings. The van der Waals surface area contributed by atoms with Gasteiger partial charge in [-0.2, -0.15) is 0 Å². The Bertz CT molecular complexity index is 1030. The zero-order valence-corrected chi connectivity index (χ0v) is 16.5. The van der Waals surface area contributed by atoms with Gasteiger partial charge in [0.15, 0.2) is 4.34 Å². The van der Waals surface area contributed by atoms with Crippen molar-refractivity contribution < 1.29 is 14.5 Å². The highest BCUT2D eigenvalue weighted by atomic mass is 32.2. The van der Waals surface area contributed by atoms with E-state index in [1.807, 2.05) is 30.3 Å². The SMILES string of the molecule is O=C(CSc1nnc(NC(=O)Cc2ccccc2)s1)Nc1cccc([N+](=O)[O-])c1. The quantitative estimate of drug-likeness (QED) is 0.243. The molecule has 11 heteroatoms. The molecule has 1 aromatic heterocycles. The number of benzene rings is 2. The van der Waals surface area contributed by atoms with E-state index in [9.17, 15) is 19.7 Å². The summed E-state index contributed by atoms with van der Waals surface area (Å²) in [6.45, 7) is 0. The monoisotopic (exact) mass is 429 g/mol. The van der Waals surface area contributed by atoms with Crippen LogP contribution in [0.4, 0.5) is 16.5 Å². The van der Waals surface area contributed by atoms with Gasteiger partial charge in [0.2, 0.25) is 16.9 Å². The molecule has 2 amide bonds. The number of hydrogen-bond acceptors (Lipinski definition) is 8. The molecule has 0 spiro atoms. The number of thioether (sulfide) groups is 1. The van der Waals surface area contributed by atoms with Crippen molar-refractivity contribution in [3.05, 3.63) is 70.3 Å². The number of nitro groups is 1. The van der Waals surface area contributed by atoms with Gasteiger partial charge in [-0.05, 0) is 11.6 Å². The number of nitrogens with zero attached hydrogens (tertiary/aromatic N) is 3. The summed E-state index contributed by atoms with van der Waals surface area (Å²) in [6, 6.07) is 15.0. The van der Waals surface area contributed by atoms with E-state index in [0.29, 0.717) is 15.2 Å². The summed E-state index contributed by atoms with van der Waals surface area (Å²) in [6.07, 6.45) is 0.231. The van der Waals surface area contributed by atoms with Gasteiger partial charge >= 0.3 is 0 Å². The third-order valence-electron chi connectivity index (χ3n) is 3.53. The van der Waals surface area contributed by atoms with E-state index in [1.165, 1.54) is 29.5 Å². The van der Waals surface area contributed by atoms with Crippen molar-refractivity contribution in [2.45, 2.75) is 10.8 Å². The minimum Gasteiger partial charge on any atom is -0.325 e. The number of amides is 2. The summed E-state index contributed by atoms with van der Waals surface area (Å²) in [4.78, 5) is 34.3. The topological polar surface area (TPSA) is 127 Å². The number of anilines is 2. The fourth-order valence-corrected chi connectivity index (χ4v) is 3.85. The number of nitrogens with one attached hydrogen (secondary N) is 2. The molecule has 0 aliphatic carbocycles. The first-order valence-electron chi connectivity index (χ1n) is 8.34. The van der Waals surface area contributed by atoms with Gasteiger partial charge in [0, 0.05) is 17.8 Å². The zero-order chi connectivity index (χ0) is 20.6. The third kappa shape index (κ3) is 6.36. The summed E-state index contributed by atoms with van der Waals surface area (Å²) < 4.78 is 0.522. The summed E-state index contributed by atoms with van der Waals surface area (Å²) in [5.41, 5.74) is 1.13. The Labute approximate surface area is 173 Å². The average Bonchev–Trinajstić information content (AvgIpc) is 3.14. The average molecular weight is 429 g/mol. The Hall–Kier alpha value is -3.31. The number of non-ortho nitro benzene ring substituents is 1. The maximum Gasteiger partial charge on any atom is 0.271 e. The second-order valence-corrected chi connectivity index (χ2v) is 7.93. The lowest BCUT2D eigenvalue weighted by atomic mass is 10.1. The first-order chi connectivity index (χ1) is 14.0. The van der Waals surface area contributed by atoms with Crippen LogP contribution in [0.2, 0.25) is 0 Å². The van der Waals surface area contributed by atoms with E-state index in [4.69, 9.17) is 0 Å². The van der Waals surface area contributed by atoms with Crippen molar-refractivity contribution in [2.24, 2.45) is 0 Å². The molecule has 0 fully saturated rings. The molecule has 0 aliphatic rings. The first kappa shape index (κ1) is 20.4. The van der Waals surface area contributed by atoms with Crippen LogP contribution in [0.25, 0.3) is 0 Å². The molecule has 2 aromatic carbocycles. The number of carbonyl (C=O) groups excluding carboxylic acids is 2. The van der Waals surface area contributed by atoms with Crippen LogP contribution in [0, 0.1) is 10.1 Å². The summed E-state index contributed by atoms with van der Waals surface area (Å²) in [5, 5.41) is 24.2. The second kappa shape index (κ2) is 9.75. The van der Waals surface area contributed by atoms with E-state index in [1.54, 1.807) is 6.07 Å². The minimum atomic E-state index is -0.529. The molecule has 9 nitrogen and oxygen atoms in total. The molecule has 3 rings (SSSR count). The number of hydrogen-bond donors (Lipinski definition) is 2. The predicted molar refractivity (Wildman–Crippen MR) is 111 cm³/mol. The molecule has 0 saturated carbocycles. The lowest BCUT2D eigenvalue weighted by Gasteiger charge is -2.03. The van der Waals surface area contributed by atoms with Crippen molar-refractivity contribution in [2.75, 3.05) is 16.4 Å². The van der Waals surface area contributed by atoms with Crippen LogP contribution in [0.15, 0.2) is 58.9 Å². The van der Waals surface area contributed by atoms with Gasteiger partial charge in [0.1, 0.15) is 0 Å². The number of nitro benzene ring substituents is 1. The van der Waals surface area contributed by atoms with Gasteiger partial charge in [-0.3, -0.25) is 19.7 Å². The molecule has 0 radical (unpaired) electrons. The van der Waals surface area contributed by atoms with Gasteiger partial charge in [0.25, 0.3) is 5.69 Å². The highest BCUT2D eigenvalue weighted by Crippen LogP contribution is 2.26. The molecule has 2 N–H and O–H groups in total. The normalized spacial score (nSPS) is 10.3. The lowest BCUT2D eigenvalue weighted by molar-refractivity contribution is -0.384. The van der Waals surface area contributed by atoms with Gasteiger partial charge in [-0.1, -0.05) is 59.5 Å². The smallest absolute Gasteiger partial charge is 0.271 e. The van der Waals surface area contributed by atoms with Crippen molar-refractivity contribution in [3.63, 3.8) is 0 Å². The molecule has 29 heavy (non-hydrogen) atoms. The molecule has 1 heterocycles. The molecule has 0 bridgehead atoms. The van der Waals surface area contributed by atoms with Crippen molar-refractivity contribution in [1.82, 2.24) is 10.2 Å². The van der Waals surface area contributed by atoms with Crippen LogP contribution in [0.1, 0.15) is 5.56 Å². The Morgan fingerprint density at radius 3 is 2.59 bits per heavy atom. The molecular weight excluding hydrogens is 414 g/mol. The van der Waals surface area contributed by atoms with Crippen LogP contribution in [0.5, 0.6) is 0 Å². The third-order valence-corrected chi connectivity index (χ3v) is 5.50. The first-order valence-corrected chi connectivity index (χ1v) is 10.1. The Morgan fingerprint density at radius 1 is 1.03 bits per heavy atom. The molecule has 0 unspecified atom stereocenters. The van der Waals surface area contributed by atoms with Crippen LogP contribution >= 0.6 is 23.1 Å². The number of aromatic nitrogens is 2. The van der Waals surface area contributed by atoms with Gasteiger partial charge in [-0.25, -0.2) is 0 Å². The van der Waals surface area contributed by atoms with E-state index < -0.39 is 4.92 Å². The maximum atomic E-state index is 12.0. The van der Waals surface area contributed by atoms with Gasteiger partial charge in [0.05, 0.1) is 17.1 Å². The molecule has 0 atom stereocenters. The highest BCUT2D eigenvalue weighted by molar-refractivity contribution is 8.01. The Kier molecular flexibility index (Phi) is 6.87. The van der Waals surface area contributed by atoms with Crippen molar-refractivity contribution in [3.8, 4) is 0 Å². The minimum absolute atomic E-state index is 0.0509. The van der Waals surface area contributed by atoms with Crippen LogP contribution in [0.3, 0.4) is 0 Å². The summed E-state index contributed by atoms with van der Waals surface area (Å²) >= 11 is 2.32. The fraction of sp³-hybridized carbons (Fsp3) is 0.111. The Morgan fingerprint density at radius 2 is 1.83 bits per heavy atom. The lowest BCUT2D eigenvalue weighted by Crippen LogP contribution is -2.14. The maximum absolute atomic E-state index is 12.0. The van der Waals surface area contributed by atoms with E-state index in [2.05, 4.69) is 20.8 Å². The van der Waals surface area contributed by atoms with Crippen molar-refractivity contribution in [1.29, 1.82) is 0 Å².